The summed E-state index contributed by atoms with van der Waals surface area (Å²) in [5.74, 6) is -0.194. The number of hydrogen-bond donors (Lipinski definition) is 2. The molecular formula is C17H22FNO2. The highest BCUT2D eigenvalue weighted by molar-refractivity contribution is 5.91. The standard InChI is InChI=1S/C17H22FNO2/c1-13-5-4-10-17(21,11-13)12-19-16(20)9-8-14-6-2-3-7-15(14)18/h2-3,6-9,13,21H,4-5,10-12H2,1H3,(H,19,20). The third-order valence-electron chi connectivity index (χ3n) is 3.98. The van der Waals surface area contributed by atoms with Crippen molar-refractivity contribution < 1.29 is 14.3 Å². The molecule has 0 bridgehead atoms. The molecule has 1 aliphatic rings. The van der Waals surface area contributed by atoms with Gasteiger partial charge in [-0.05, 0) is 30.9 Å². The summed E-state index contributed by atoms with van der Waals surface area (Å²) in [5, 5.41) is 13.1. The number of amides is 1. The molecule has 0 aromatic heterocycles. The van der Waals surface area contributed by atoms with Crippen LogP contribution in [0.1, 0.15) is 38.2 Å². The first-order valence-electron chi connectivity index (χ1n) is 7.41. The monoisotopic (exact) mass is 291 g/mol. The highest BCUT2D eigenvalue weighted by atomic mass is 19.1. The normalized spacial score (nSPS) is 26.0. The van der Waals surface area contributed by atoms with Crippen LogP contribution in [0, 0.1) is 11.7 Å². The van der Waals surface area contributed by atoms with Crippen LogP contribution in [0.3, 0.4) is 0 Å². The summed E-state index contributed by atoms with van der Waals surface area (Å²) in [4.78, 5) is 11.8. The number of halogens is 1. The number of rotatable bonds is 4. The smallest absolute Gasteiger partial charge is 0.244 e. The summed E-state index contributed by atoms with van der Waals surface area (Å²) in [6.45, 7) is 2.36. The van der Waals surface area contributed by atoms with Crippen LogP contribution in [0.2, 0.25) is 0 Å². The van der Waals surface area contributed by atoms with Crippen molar-refractivity contribution in [3.8, 4) is 0 Å². The van der Waals surface area contributed by atoms with Gasteiger partial charge in [0, 0.05) is 18.2 Å². The molecule has 1 fully saturated rings. The zero-order valence-electron chi connectivity index (χ0n) is 12.3. The van der Waals surface area contributed by atoms with Crippen LogP contribution in [0.4, 0.5) is 4.39 Å². The second kappa shape index (κ2) is 6.85. The van der Waals surface area contributed by atoms with Crippen molar-refractivity contribution in [1.29, 1.82) is 0 Å². The van der Waals surface area contributed by atoms with Crippen molar-refractivity contribution in [2.24, 2.45) is 5.92 Å². The van der Waals surface area contributed by atoms with E-state index in [1.165, 1.54) is 18.2 Å². The lowest BCUT2D eigenvalue weighted by Gasteiger charge is -2.35. The Morgan fingerprint density at radius 2 is 2.29 bits per heavy atom. The van der Waals surface area contributed by atoms with E-state index < -0.39 is 5.60 Å². The van der Waals surface area contributed by atoms with Crippen LogP contribution >= 0.6 is 0 Å². The average molecular weight is 291 g/mol. The van der Waals surface area contributed by atoms with Gasteiger partial charge in [-0.3, -0.25) is 4.79 Å². The van der Waals surface area contributed by atoms with Crippen LogP contribution in [0.5, 0.6) is 0 Å². The van der Waals surface area contributed by atoms with Gasteiger partial charge in [-0.25, -0.2) is 4.39 Å². The molecule has 1 amide bonds. The predicted molar refractivity (Wildman–Crippen MR) is 81.0 cm³/mol. The van der Waals surface area contributed by atoms with Crippen LogP contribution in [0.15, 0.2) is 30.3 Å². The summed E-state index contributed by atoms with van der Waals surface area (Å²) in [6.07, 6.45) is 6.28. The lowest BCUT2D eigenvalue weighted by atomic mass is 9.79. The van der Waals surface area contributed by atoms with E-state index in [2.05, 4.69) is 12.2 Å². The van der Waals surface area contributed by atoms with E-state index in [-0.39, 0.29) is 18.3 Å². The quantitative estimate of drug-likeness (QED) is 0.838. The van der Waals surface area contributed by atoms with E-state index in [9.17, 15) is 14.3 Å². The number of nitrogens with one attached hydrogen (secondary N) is 1. The van der Waals surface area contributed by atoms with E-state index in [0.717, 1.165) is 12.8 Å². The van der Waals surface area contributed by atoms with Gasteiger partial charge >= 0.3 is 0 Å². The van der Waals surface area contributed by atoms with E-state index >= 15 is 0 Å². The van der Waals surface area contributed by atoms with Crippen LogP contribution in [-0.4, -0.2) is 23.2 Å². The minimum absolute atomic E-state index is 0.248. The highest BCUT2D eigenvalue weighted by Gasteiger charge is 2.32. The SMILES string of the molecule is CC1CCCC(O)(CNC(=O)C=Cc2ccccc2F)C1. The maximum atomic E-state index is 13.4. The Morgan fingerprint density at radius 1 is 1.52 bits per heavy atom. The molecule has 1 aromatic rings. The Kier molecular flexibility index (Phi) is 5.12. The van der Waals surface area contributed by atoms with Gasteiger partial charge in [-0.15, -0.1) is 0 Å². The number of benzene rings is 1. The van der Waals surface area contributed by atoms with Gasteiger partial charge in [0.15, 0.2) is 0 Å². The van der Waals surface area contributed by atoms with Gasteiger partial charge in [0.05, 0.1) is 5.60 Å². The maximum absolute atomic E-state index is 13.4. The topological polar surface area (TPSA) is 49.3 Å². The van der Waals surface area contributed by atoms with Crippen molar-refractivity contribution in [2.45, 2.75) is 38.2 Å². The molecule has 21 heavy (non-hydrogen) atoms. The maximum Gasteiger partial charge on any atom is 0.244 e. The minimum Gasteiger partial charge on any atom is -0.388 e. The number of carbonyl (C=O) groups excluding carboxylic acids is 1. The molecule has 0 radical (unpaired) electrons. The summed E-state index contributed by atoms with van der Waals surface area (Å²) in [5.41, 5.74) is -0.434. The van der Waals surface area contributed by atoms with Gasteiger partial charge in [-0.2, -0.15) is 0 Å². The first-order valence-corrected chi connectivity index (χ1v) is 7.41. The highest BCUT2D eigenvalue weighted by Crippen LogP contribution is 2.31. The second-order valence-corrected chi connectivity index (χ2v) is 6.00. The van der Waals surface area contributed by atoms with Crippen LogP contribution < -0.4 is 5.32 Å². The number of hydrogen-bond acceptors (Lipinski definition) is 2. The lowest BCUT2D eigenvalue weighted by molar-refractivity contribution is -0.118. The summed E-state index contributed by atoms with van der Waals surface area (Å²) in [6, 6.07) is 6.28. The average Bonchev–Trinajstić information content (AvgIpc) is 2.44. The molecular weight excluding hydrogens is 269 g/mol. The van der Waals surface area contributed by atoms with Crippen molar-refractivity contribution >= 4 is 12.0 Å². The third-order valence-corrected chi connectivity index (χ3v) is 3.98. The molecule has 2 atom stereocenters. The molecule has 3 nitrogen and oxygen atoms in total. The molecule has 0 saturated heterocycles. The first kappa shape index (κ1) is 15.7. The molecule has 114 valence electrons. The van der Waals surface area contributed by atoms with Gasteiger partial charge < -0.3 is 10.4 Å². The summed E-state index contributed by atoms with van der Waals surface area (Å²) < 4.78 is 13.4. The van der Waals surface area contributed by atoms with Crippen LogP contribution in [-0.2, 0) is 4.79 Å². The fraction of sp³-hybridized carbons (Fsp3) is 0.471. The van der Waals surface area contributed by atoms with Gasteiger partial charge in [0.2, 0.25) is 5.91 Å². The third kappa shape index (κ3) is 4.67. The Balaban J connectivity index is 1.86. The Labute approximate surface area is 124 Å². The molecule has 1 aromatic carbocycles. The van der Waals surface area contributed by atoms with Gasteiger partial charge in [0.25, 0.3) is 0 Å². The van der Waals surface area contributed by atoms with Crippen LogP contribution in [0.25, 0.3) is 6.08 Å². The fourth-order valence-corrected chi connectivity index (χ4v) is 2.88. The molecule has 2 N–H and O–H groups in total. The lowest BCUT2D eigenvalue weighted by Crippen LogP contribution is -2.45. The Hall–Kier alpha value is -1.68. The molecule has 1 saturated carbocycles. The summed E-state index contributed by atoms with van der Waals surface area (Å²) >= 11 is 0. The Morgan fingerprint density at radius 3 is 3.00 bits per heavy atom. The molecule has 0 heterocycles. The van der Waals surface area contributed by atoms with Crippen molar-refractivity contribution in [2.75, 3.05) is 6.54 Å². The fourth-order valence-electron chi connectivity index (χ4n) is 2.88. The van der Waals surface area contributed by atoms with Crippen molar-refractivity contribution in [3.05, 3.63) is 41.7 Å². The van der Waals surface area contributed by atoms with E-state index in [0.29, 0.717) is 24.3 Å². The van der Waals surface area contributed by atoms with Gasteiger partial charge in [-0.1, -0.05) is 38.0 Å². The summed E-state index contributed by atoms with van der Waals surface area (Å²) in [7, 11) is 0. The van der Waals surface area contributed by atoms with Crippen molar-refractivity contribution in [3.63, 3.8) is 0 Å². The number of aliphatic hydroxyl groups is 1. The molecule has 2 unspecified atom stereocenters. The first-order chi connectivity index (χ1) is 9.98. The number of carbonyl (C=O) groups is 1. The largest absolute Gasteiger partial charge is 0.388 e. The van der Waals surface area contributed by atoms with Crippen molar-refractivity contribution in [1.82, 2.24) is 5.32 Å². The molecule has 0 spiro atoms. The van der Waals surface area contributed by atoms with E-state index in [1.807, 2.05) is 0 Å². The second-order valence-electron chi connectivity index (χ2n) is 6.00. The zero-order chi connectivity index (χ0) is 15.3. The molecule has 1 aliphatic carbocycles. The van der Waals surface area contributed by atoms with Gasteiger partial charge in [0.1, 0.15) is 5.82 Å². The Bertz CT molecular complexity index is 529. The molecule has 0 aliphatic heterocycles. The predicted octanol–water partition coefficient (Wildman–Crippen LogP) is 2.90. The molecule has 4 heteroatoms. The minimum atomic E-state index is -0.806. The molecule has 2 rings (SSSR count). The zero-order valence-corrected chi connectivity index (χ0v) is 12.3. The van der Waals surface area contributed by atoms with E-state index in [1.54, 1.807) is 18.2 Å². The van der Waals surface area contributed by atoms with E-state index in [4.69, 9.17) is 0 Å².